The molecule has 33 heavy (non-hydrogen) atoms. The second-order valence-corrected chi connectivity index (χ2v) is 12.0. The normalized spacial score (nSPS) is 20.0. The molecule has 2 aromatic rings. The second-order valence-electron chi connectivity index (χ2n) is 9.12. The van der Waals surface area contributed by atoms with Crippen LogP contribution in [-0.4, -0.2) is 62.9 Å². The van der Waals surface area contributed by atoms with Crippen LogP contribution in [0.5, 0.6) is 0 Å². The third-order valence-electron chi connectivity index (χ3n) is 6.27. The number of halogens is 1. The number of nitrogens with zero attached hydrogens (tertiary/aromatic N) is 3. The lowest BCUT2D eigenvalue weighted by molar-refractivity contribution is 0.0691. The molecule has 7 nitrogen and oxygen atoms in total. The van der Waals surface area contributed by atoms with E-state index < -0.39 is 15.7 Å². The molecule has 0 radical (unpaired) electrons. The number of thiazole rings is 1. The van der Waals surface area contributed by atoms with Crippen LogP contribution in [0.25, 0.3) is 0 Å². The third-order valence-corrected chi connectivity index (χ3v) is 8.41. The minimum absolute atomic E-state index is 0.00726. The van der Waals surface area contributed by atoms with E-state index in [0.717, 1.165) is 42.3 Å². The molecule has 1 aromatic heterocycles. The number of hydrogen-bond acceptors (Lipinski definition) is 7. The Kier molecular flexibility index (Phi) is 6.95. The van der Waals surface area contributed by atoms with Crippen molar-refractivity contribution in [3.8, 4) is 0 Å². The summed E-state index contributed by atoms with van der Waals surface area (Å²) in [5, 5.41) is 3.20. The lowest BCUT2D eigenvalue weighted by atomic mass is 9.97. The molecule has 1 aromatic carbocycles. The van der Waals surface area contributed by atoms with Gasteiger partial charge in [0.2, 0.25) is 0 Å². The van der Waals surface area contributed by atoms with Crippen molar-refractivity contribution in [3.05, 3.63) is 40.1 Å². The van der Waals surface area contributed by atoms with Crippen LogP contribution in [0.3, 0.4) is 0 Å². The molecule has 0 saturated carbocycles. The summed E-state index contributed by atoms with van der Waals surface area (Å²) in [7, 11) is -3.44. The molecular weight excluding hydrogens is 465 g/mol. The monoisotopic (exact) mass is 495 g/mol. The molecule has 2 saturated heterocycles. The van der Waals surface area contributed by atoms with E-state index in [2.05, 4.69) is 5.38 Å². The molecule has 0 N–H and O–H groups in total. The summed E-state index contributed by atoms with van der Waals surface area (Å²) in [6.45, 7) is 6.40. The summed E-state index contributed by atoms with van der Waals surface area (Å²) in [4.78, 5) is 20.7. The van der Waals surface area contributed by atoms with Gasteiger partial charge in [-0.25, -0.2) is 22.6 Å². The van der Waals surface area contributed by atoms with Gasteiger partial charge in [-0.3, -0.25) is 0 Å². The zero-order valence-corrected chi connectivity index (χ0v) is 20.8. The van der Waals surface area contributed by atoms with E-state index in [4.69, 9.17) is 9.72 Å². The van der Waals surface area contributed by atoms with Crippen molar-refractivity contribution in [2.75, 3.05) is 37.3 Å². The molecule has 0 spiro atoms. The first kappa shape index (κ1) is 23.9. The highest BCUT2D eigenvalue weighted by atomic mass is 32.2. The van der Waals surface area contributed by atoms with Crippen molar-refractivity contribution in [1.29, 1.82) is 0 Å². The largest absolute Gasteiger partial charge is 0.447 e. The van der Waals surface area contributed by atoms with Gasteiger partial charge in [0, 0.05) is 49.7 Å². The number of anilines is 1. The first-order chi connectivity index (χ1) is 15.6. The van der Waals surface area contributed by atoms with Crippen molar-refractivity contribution in [1.82, 2.24) is 9.88 Å². The topological polar surface area (TPSA) is 79.8 Å². The van der Waals surface area contributed by atoms with Gasteiger partial charge in [0.15, 0.2) is 9.84 Å². The molecule has 10 heteroatoms. The molecule has 0 unspecified atom stereocenters. The van der Waals surface area contributed by atoms with Gasteiger partial charge in [-0.15, -0.1) is 11.3 Å². The molecule has 1 atom stereocenters. The predicted octanol–water partition coefficient (Wildman–Crippen LogP) is 4.40. The number of benzene rings is 1. The van der Waals surface area contributed by atoms with E-state index in [1.165, 1.54) is 6.07 Å². The Morgan fingerprint density at radius 3 is 2.52 bits per heavy atom. The van der Waals surface area contributed by atoms with Gasteiger partial charge in [-0.05, 0) is 51.3 Å². The van der Waals surface area contributed by atoms with Gasteiger partial charge >= 0.3 is 6.09 Å². The minimum Gasteiger partial charge on any atom is -0.447 e. The standard InChI is InChI=1S/C23H30FN3O4S2/c1-15(2)31-23(28)26-9-6-16(7-10-26)22-25-20(14-32-22)17-8-11-27(13-17)21-5-4-18(12-19(21)24)33(3,29)30/h4-5,12,14-17H,6-11,13H2,1-3H3/t17-/m0/s1. The Hall–Kier alpha value is -2.20. The molecule has 2 aliphatic rings. The average Bonchev–Trinajstić information content (AvgIpc) is 3.42. The fourth-order valence-corrected chi connectivity index (χ4v) is 6.16. The van der Waals surface area contributed by atoms with Crippen LogP contribution in [0.1, 0.15) is 55.6 Å². The molecule has 0 aliphatic carbocycles. The van der Waals surface area contributed by atoms with E-state index in [1.54, 1.807) is 22.3 Å². The number of ether oxygens (including phenoxy) is 1. The van der Waals surface area contributed by atoms with Crippen LogP contribution >= 0.6 is 11.3 Å². The van der Waals surface area contributed by atoms with Crippen LogP contribution < -0.4 is 4.90 Å². The van der Waals surface area contributed by atoms with Crippen molar-refractivity contribution in [3.63, 3.8) is 0 Å². The van der Waals surface area contributed by atoms with Gasteiger partial charge in [0.05, 0.1) is 27.4 Å². The number of sulfone groups is 1. The highest BCUT2D eigenvalue weighted by Gasteiger charge is 2.30. The van der Waals surface area contributed by atoms with E-state index in [9.17, 15) is 17.6 Å². The maximum absolute atomic E-state index is 14.6. The molecule has 180 valence electrons. The van der Waals surface area contributed by atoms with Crippen LogP contribution in [0.2, 0.25) is 0 Å². The third kappa shape index (κ3) is 5.48. The summed E-state index contributed by atoms with van der Waals surface area (Å²) < 4.78 is 43.2. The molecule has 4 rings (SSSR count). The maximum atomic E-state index is 14.6. The lowest BCUT2D eigenvalue weighted by Gasteiger charge is -2.30. The number of amides is 1. The van der Waals surface area contributed by atoms with Crippen LogP contribution in [-0.2, 0) is 14.6 Å². The quantitative estimate of drug-likeness (QED) is 0.612. The number of likely N-dealkylation sites (tertiary alicyclic amines) is 1. The van der Waals surface area contributed by atoms with E-state index >= 15 is 0 Å². The lowest BCUT2D eigenvalue weighted by Crippen LogP contribution is -2.39. The fourth-order valence-electron chi connectivity index (χ4n) is 4.46. The number of carbonyl (C=O) groups is 1. The Morgan fingerprint density at radius 1 is 1.18 bits per heavy atom. The number of piperidine rings is 1. The fraction of sp³-hybridized carbons (Fsp3) is 0.565. The molecular formula is C23H30FN3O4S2. The van der Waals surface area contributed by atoms with Crippen molar-refractivity contribution in [2.45, 2.75) is 55.9 Å². The van der Waals surface area contributed by atoms with E-state index in [1.807, 2.05) is 18.7 Å². The summed E-state index contributed by atoms with van der Waals surface area (Å²) in [5.74, 6) is 0.0377. The van der Waals surface area contributed by atoms with Gasteiger partial charge in [0.25, 0.3) is 0 Å². The first-order valence-corrected chi connectivity index (χ1v) is 14.0. The summed E-state index contributed by atoms with van der Waals surface area (Å²) in [6, 6.07) is 4.12. The smallest absolute Gasteiger partial charge is 0.410 e. The van der Waals surface area contributed by atoms with Crippen LogP contribution in [0, 0.1) is 5.82 Å². The van der Waals surface area contributed by atoms with Crippen LogP contribution in [0.4, 0.5) is 14.9 Å². The highest BCUT2D eigenvalue weighted by molar-refractivity contribution is 7.90. The van der Waals surface area contributed by atoms with Gasteiger partial charge in [0.1, 0.15) is 5.82 Å². The number of rotatable bonds is 5. The number of carbonyl (C=O) groups excluding carboxylic acids is 1. The molecule has 2 fully saturated rings. The SMILES string of the molecule is CC(C)OC(=O)N1CCC(c2nc([C@H]3CCN(c4ccc(S(C)(=O)=O)cc4F)C3)cs2)CC1. The Labute approximate surface area is 198 Å². The number of aromatic nitrogens is 1. The zero-order valence-electron chi connectivity index (χ0n) is 19.2. The summed E-state index contributed by atoms with van der Waals surface area (Å²) in [5.41, 5.74) is 1.47. The molecule has 1 amide bonds. The summed E-state index contributed by atoms with van der Waals surface area (Å²) in [6.07, 6.45) is 3.33. The van der Waals surface area contributed by atoms with E-state index in [-0.39, 0.29) is 23.0 Å². The Morgan fingerprint density at radius 2 is 1.88 bits per heavy atom. The Balaban J connectivity index is 1.36. The summed E-state index contributed by atoms with van der Waals surface area (Å²) >= 11 is 1.66. The average molecular weight is 496 g/mol. The minimum atomic E-state index is -3.44. The van der Waals surface area contributed by atoms with Gasteiger partial charge in [-0.1, -0.05) is 0 Å². The first-order valence-electron chi connectivity index (χ1n) is 11.3. The van der Waals surface area contributed by atoms with Crippen LogP contribution in [0.15, 0.2) is 28.5 Å². The molecule has 2 aliphatic heterocycles. The van der Waals surface area contributed by atoms with E-state index in [0.29, 0.717) is 37.8 Å². The predicted molar refractivity (Wildman–Crippen MR) is 126 cm³/mol. The molecule has 0 bridgehead atoms. The highest BCUT2D eigenvalue weighted by Crippen LogP contribution is 2.36. The Bertz CT molecular complexity index is 1110. The van der Waals surface area contributed by atoms with Crippen molar-refractivity contribution >= 4 is 33.0 Å². The molecule has 3 heterocycles. The van der Waals surface area contributed by atoms with Gasteiger partial charge in [-0.2, -0.15) is 0 Å². The second kappa shape index (κ2) is 9.58. The zero-order chi connectivity index (χ0) is 23.8. The number of hydrogen-bond donors (Lipinski definition) is 0. The maximum Gasteiger partial charge on any atom is 0.410 e. The van der Waals surface area contributed by atoms with Gasteiger partial charge < -0.3 is 14.5 Å². The van der Waals surface area contributed by atoms with Crippen molar-refractivity contribution in [2.24, 2.45) is 0 Å². The van der Waals surface area contributed by atoms with Crippen molar-refractivity contribution < 1.29 is 22.3 Å².